The van der Waals surface area contributed by atoms with Crippen molar-refractivity contribution in [1.29, 1.82) is 0 Å². The fourth-order valence-corrected chi connectivity index (χ4v) is 4.28. The van der Waals surface area contributed by atoms with E-state index in [4.69, 9.17) is 9.73 Å². The Morgan fingerprint density at radius 3 is 2.29 bits per heavy atom. The van der Waals surface area contributed by atoms with Crippen LogP contribution in [0.25, 0.3) is 5.57 Å². The third kappa shape index (κ3) is 3.10. The number of carbonyl (C=O) groups is 1. The monoisotopic (exact) mass is 387 g/mol. The number of Topliss-reactive ketones (excluding diaryl/α,β-unsaturated/α-hetero) is 1. The molecule has 4 rings (SSSR count). The third-order valence-electron chi connectivity index (χ3n) is 5.04. The minimum absolute atomic E-state index is 0.131. The number of carbonyl (C=O) groups excluding carboxylic acids is 1. The summed E-state index contributed by atoms with van der Waals surface area (Å²) in [5.74, 6) is 0.911. The predicted molar refractivity (Wildman–Crippen MR) is 116 cm³/mol. The maximum Gasteiger partial charge on any atom is 0.175 e. The number of benzene rings is 2. The van der Waals surface area contributed by atoms with Crippen molar-refractivity contribution in [3.8, 4) is 5.75 Å². The van der Waals surface area contributed by atoms with Crippen LogP contribution in [-0.2, 0) is 4.79 Å². The summed E-state index contributed by atoms with van der Waals surface area (Å²) < 4.78 is 5.24. The van der Waals surface area contributed by atoms with Crippen molar-refractivity contribution >= 4 is 34.1 Å². The lowest BCUT2D eigenvalue weighted by atomic mass is 9.61. The molecule has 140 valence electrons. The van der Waals surface area contributed by atoms with Gasteiger partial charge in [-0.25, -0.2) is 4.99 Å². The molecule has 28 heavy (non-hydrogen) atoms. The van der Waals surface area contributed by atoms with Crippen LogP contribution in [0, 0.1) is 5.41 Å². The fraction of sp³-hybridized carbons (Fsp3) is 0.167. The molecule has 1 aromatic heterocycles. The molecule has 0 spiro atoms. The van der Waals surface area contributed by atoms with Crippen LogP contribution in [0.5, 0.6) is 5.75 Å². The molecule has 0 unspecified atom stereocenters. The molecule has 2 aromatic carbocycles. The molecule has 0 saturated carbocycles. The Balaban J connectivity index is 1.91. The van der Waals surface area contributed by atoms with Gasteiger partial charge in [-0.1, -0.05) is 36.4 Å². The summed E-state index contributed by atoms with van der Waals surface area (Å²) in [5.41, 5.74) is 3.86. The molecular formula is C24H21NO2S. The second kappa shape index (κ2) is 7.21. The molecule has 0 aliphatic heterocycles. The number of hydrogen-bond donors (Lipinski definition) is 0. The van der Waals surface area contributed by atoms with Crippen LogP contribution in [0.2, 0.25) is 0 Å². The van der Waals surface area contributed by atoms with E-state index < -0.39 is 5.41 Å². The van der Waals surface area contributed by atoms with Crippen LogP contribution in [0.15, 0.2) is 82.7 Å². The Hall–Kier alpha value is -2.98. The Kier molecular flexibility index (Phi) is 4.73. The zero-order chi connectivity index (χ0) is 19.7. The Labute approximate surface area is 169 Å². The van der Waals surface area contributed by atoms with Crippen molar-refractivity contribution in [2.75, 3.05) is 7.11 Å². The molecular weight excluding hydrogens is 366 g/mol. The molecule has 0 bridgehead atoms. The van der Waals surface area contributed by atoms with Crippen molar-refractivity contribution in [2.45, 2.75) is 13.8 Å². The third-order valence-corrected chi connectivity index (χ3v) is 5.91. The summed E-state index contributed by atoms with van der Waals surface area (Å²) in [6, 6.07) is 21.7. The molecule has 3 nitrogen and oxygen atoms in total. The smallest absolute Gasteiger partial charge is 0.175 e. The first-order valence-corrected chi connectivity index (χ1v) is 10.0. The number of hydrogen-bond acceptors (Lipinski definition) is 4. The average molecular weight is 388 g/mol. The van der Waals surface area contributed by atoms with Gasteiger partial charge in [0.25, 0.3) is 0 Å². The molecule has 1 aliphatic carbocycles. The highest BCUT2D eigenvalue weighted by Gasteiger charge is 2.48. The van der Waals surface area contributed by atoms with Gasteiger partial charge >= 0.3 is 0 Å². The SMILES string of the molecule is COc1ccc(N=C(C2=C(c3ccccc3)C(C)(C)C2=O)c2cccs2)cc1. The number of methoxy groups -OCH3 is 1. The van der Waals surface area contributed by atoms with E-state index in [1.54, 1.807) is 18.4 Å². The predicted octanol–water partition coefficient (Wildman–Crippen LogP) is 5.94. The fourth-order valence-electron chi connectivity index (χ4n) is 3.56. The highest BCUT2D eigenvalue weighted by molar-refractivity contribution is 7.12. The van der Waals surface area contributed by atoms with Crippen LogP contribution in [0.3, 0.4) is 0 Å². The maximum atomic E-state index is 13.1. The molecule has 0 radical (unpaired) electrons. The van der Waals surface area contributed by atoms with Crippen molar-refractivity contribution in [1.82, 2.24) is 0 Å². The zero-order valence-corrected chi connectivity index (χ0v) is 16.9. The largest absolute Gasteiger partial charge is 0.497 e. The van der Waals surface area contributed by atoms with Crippen LogP contribution < -0.4 is 4.74 Å². The summed E-state index contributed by atoms with van der Waals surface area (Å²) in [4.78, 5) is 19.0. The summed E-state index contributed by atoms with van der Waals surface area (Å²) in [6.07, 6.45) is 0. The lowest BCUT2D eigenvalue weighted by Crippen LogP contribution is -2.41. The number of ether oxygens (including phenoxy) is 1. The van der Waals surface area contributed by atoms with Gasteiger partial charge < -0.3 is 4.74 Å². The van der Waals surface area contributed by atoms with E-state index in [0.29, 0.717) is 0 Å². The number of ketones is 1. The standard InChI is InChI=1S/C24H21NO2S/c1-24(2)21(16-8-5-4-6-9-16)20(23(24)26)22(19-10-7-15-28-19)25-17-11-13-18(27-3)14-12-17/h4-15H,1-3H3. The number of thiophene rings is 1. The Morgan fingerprint density at radius 2 is 1.68 bits per heavy atom. The molecule has 4 heteroatoms. The highest BCUT2D eigenvalue weighted by Crippen LogP contribution is 2.50. The van der Waals surface area contributed by atoms with Gasteiger partial charge in [0.2, 0.25) is 0 Å². The van der Waals surface area contributed by atoms with Gasteiger partial charge in [0.1, 0.15) is 5.75 Å². The van der Waals surface area contributed by atoms with Crippen LogP contribution >= 0.6 is 11.3 Å². The summed E-state index contributed by atoms with van der Waals surface area (Å²) >= 11 is 1.59. The lowest BCUT2D eigenvalue weighted by molar-refractivity contribution is -0.122. The molecule has 0 atom stereocenters. The summed E-state index contributed by atoms with van der Waals surface area (Å²) in [7, 11) is 1.64. The highest BCUT2D eigenvalue weighted by atomic mass is 32.1. The van der Waals surface area contributed by atoms with Crippen LogP contribution in [0.4, 0.5) is 5.69 Å². The van der Waals surface area contributed by atoms with Crippen molar-refractivity contribution in [3.63, 3.8) is 0 Å². The first-order valence-electron chi connectivity index (χ1n) is 9.14. The minimum Gasteiger partial charge on any atom is -0.497 e. The lowest BCUT2D eigenvalue weighted by Gasteiger charge is -2.39. The first kappa shape index (κ1) is 18.4. The van der Waals surface area contributed by atoms with E-state index in [-0.39, 0.29) is 5.78 Å². The molecule has 1 aliphatic rings. The topological polar surface area (TPSA) is 38.7 Å². The molecule has 0 saturated heterocycles. The number of rotatable bonds is 5. The van der Waals surface area contributed by atoms with Crippen LogP contribution in [0.1, 0.15) is 24.3 Å². The molecule has 3 aromatic rings. The Morgan fingerprint density at radius 1 is 0.964 bits per heavy atom. The summed E-state index contributed by atoms with van der Waals surface area (Å²) in [5, 5.41) is 2.01. The van der Waals surface area contributed by atoms with Gasteiger partial charge in [-0.3, -0.25) is 4.79 Å². The number of aliphatic imine (C=N–C) groups is 1. The van der Waals surface area contributed by atoms with E-state index in [0.717, 1.165) is 38.7 Å². The zero-order valence-electron chi connectivity index (χ0n) is 16.1. The van der Waals surface area contributed by atoms with E-state index in [1.165, 1.54) is 0 Å². The van der Waals surface area contributed by atoms with E-state index in [9.17, 15) is 4.79 Å². The normalized spacial score (nSPS) is 16.1. The second-order valence-electron chi connectivity index (χ2n) is 7.21. The van der Waals surface area contributed by atoms with Gasteiger partial charge in [0.15, 0.2) is 5.78 Å². The number of nitrogens with zero attached hydrogens (tertiary/aromatic N) is 1. The average Bonchev–Trinajstić information content (AvgIpc) is 3.26. The minimum atomic E-state index is -0.519. The molecule has 1 heterocycles. The molecule has 0 N–H and O–H groups in total. The summed E-state index contributed by atoms with van der Waals surface area (Å²) in [6.45, 7) is 3.97. The van der Waals surface area contributed by atoms with Gasteiger partial charge in [-0.05, 0) is 60.7 Å². The maximum absolute atomic E-state index is 13.1. The van der Waals surface area contributed by atoms with E-state index >= 15 is 0 Å². The molecule has 0 fully saturated rings. The van der Waals surface area contributed by atoms with E-state index in [2.05, 4.69) is 12.1 Å². The first-order chi connectivity index (χ1) is 13.5. The van der Waals surface area contributed by atoms with Gasteiger partial charge in [0, 0.05) is 0 Å². The van der Waals surface area contributed by atoms with Gasteiger partial charge in [0.05, 0.1) is 34.4 Å². The van der Waals surface area contributed by atoms with Crippen molar-refractivity contribution in [3.05, 3.63) is 88.1 Å². The van der Waals surface area contributed by atoms with Gasteiger partial charge in [-0.2, -0.15) is 0 Å². The van der Waals surface area contributed by atoms with Gasteiger partial charge in [-0.15, -0.1) is 11.3 Å². The second-order valence-corrected chi connectivity index (χ2v) is 8.15. The van der Waals surface area contributed by atoms with Crippen LogP contribution in [-0.4, -0.2) is 18.6 Å². The van der Waals surface area contributed by atoms with Crippen molar-refractivity contribution in [2.24, 2.45) is 10.4 Å². The quantitative estimate of drug-likeness (QED) is 0.508. The van der Waals surface area contributed by atoms with Crippen molar-refractivity contribution < 1.29 is 9.53 Å². The number of allylic oxidation sites excluding steroid dienone is 2. The molecule has 0 amide bonds. The van der Waals surface area contributed by atoms with E-state index in [1.807, 2.05) is 73.8 Å². The Bertz CT molecular complexity index is 1060.